The normalized spacial score (nSPS) is 35.8. The van der Waals surface area contributed by atoms with Gasteiger partial charge in [0.05, 0.1) is 17.3 Å². The Bertz CT molecular complexity index is 929. The number of likely N-dealkylation sites (N-methyl/N-ethyl adjacent to an activating group) is 1. The van der Waals surface area contributed by atoms with Gasteiger partial charge in [-0.3, -0.25) is 9.59 Å². The molecule has 1 saturated heterocycles. The summed E-state index contributed by atoms with van der Waals surface area (Å²) in [5.74, 6) is 4.04. The number of fused-ring (bicyclic) bond motifs is 2. The first kappa shape index (κ1) is 21.4. The maximum atomic E-state index is 13.6. The molecule has 4 saturated carbocycles. The molecule has 4 aliphatic carbocycles. The largest absolute Gasteiger partial charge is 0.349 e. The molecule has 1 aliphatic heterocycles. The third-order valence-corrected chi connectivity index (χ3v) is 9.38. The van der Waals surface area contributed by atoms with E-state index in [-0.39, 0.29) is 17.9 Å². The quantitative estimate of drug-likeness (QED) is 0.712. The molecule has 5 unspecified atom stereocenters. The van der Waals surface area contributed by atoms with Crippen LogP contribution in [0.3, 0.4) is 0 Å². The number of aromatic nitrogens is 2. The number of nitrogens with one attached hydrogen (secondary N) is 2. The molecular formula is C26H37N5O2. The summed E-state index contributed by atoms with van der Waals surface area (Å²) >= 11 is 0. The maximum Gasteiger partial charge on any atom is 0.254 e. The van der Waals surface area contributed by atoms with Crippen LogP contribution in [0.5, 0.6) is 0 Å². The Balaban J connectivity index is 1.22. The summed E-state index contributed by atoms with van der Waals surface area (Å²) in [7, 11) is 1.83. The number of amides is 2. The number of likely N-dealkylation sites (tertiary alicyclic amines) is 1. The second-order valence-electron chi connectivity index (χ2n) is 11.5. The molecule has 2 heterocycles. The Labute approximate surface area is 196 Å². The first-order valence-electron chi connectivity index (χ1n) is 13.2. The van der Waals surface area contributed by atoms with Crippen molar-refractivity contribution in [1.29, 1.82) is 0 Å². The number of anilines is 1. The standard InChI is InChI=1S/C26H37N5O2/c1-31-14-19(12-22(31)32)28-26-27-13-21(23(30-26)16-6-2-3-7-16)25(33)29-24-18-10-15-5-4-8-20(24)17(9-15)11-18/h13,15-20,24H,2-12,14H2,1H3,(H,29,33)(H,27,28,30)/t15?,17?,18?,19?,20?,24-/m0/s1. The summed E-state index contributed by atoms with van der Waals surface area (Å²) in [4.78, 5) is 36.7. The van der Waals surface area contributed by atoms with Gasteiger partial charge in [0, 0.05) is 38.2 Å². The smallest absolute Gasteiger partial charge is 0.254 e. The lowest BCUT2D eigenvalue weighted by Crippen LogP contribution is -2.43. The number of rotatable bonds is 5. The molecule has 33 heavy (non-hydrogen) atoms. The third-order valence-electron chi connectivity index (χ3n) is 9.38. The molecule has 5 fully saturated rings. The van der Waals surface area contributed by atoms with E-state index in [2.05, 4.69) is 15.6 Å². The Kier molecular flexibility index (Phi) is 5.53. The summed E-state index contributed by atoms with van der Waals surface area (Å²) in [5.41, 5.74) is 1.57. The topological polar surface area (TPSA) is 87.2 Å². The molecule has 2 amide bonds. The number of hydrogen-bond acceptors (Lipinski definition) is 5. The van der Waals surface area contributed by atoms with Crippen LogP contribution >= 0.6 is 0 Å². The van der Waals surface area contributed by atoms with Crippen LogP contribution in [0.15, 0.2) is 6.20 Å². The highest BCUT2D eigenvalue weighted by Gasteiger charge is 2.49. The molecule has 0 spiro atoms. The van der Waals surface area contributed by atoms with Crippen LogP contribution in [0.4, 0.5) is 5.95 Å². The van der Waals surface area contributed by atoms with E-state index in [0.717, 1.165) is 30.4 Å². The van der Waals surface area contributed by atoms with Gasteiger partial charge >= 0.3 is 0 Å². The van der Waals surface area contributed by atoms with Crippen LogP contribution in [0.25, 0.3) is 0 Å². The Hall–Kier alpha value is -2.18. The van der Waals surface area contributed by atoms with Crippen LogP contribution in [-0.2, 0) is 4.79 Å². The van der Waals surface area contributed by atoms with E-state index in [1.807, 2.05) is 7.05 Å². The van der Waals surface area contributed by atoms with Crippen LogP contribution in [0, 0.1) is 23.7 Å². The Morgan fingerprint density at radius 3 is 2.67 bits per heavy atom. The van der Waals surface area contributed by atoms with E-state index in [9.17, 15) is 9.59 Å². The molecule has 6 rings (SSSR count). The summed E-state index contributed by atoms with van der Waals surface area (Å²) in [5, 5.41) is 6.85. The highest BCUT2D eigenvalue weighted by molar-refractivity contribution is 5.95. The number of nitrogens with zero attached hydrogens (tertiary/aromatic N) is 3. The van der Waals surface area contributed by atoms with Gasteiger partial charge in [0.2, 0.25) is 11.9 Å². The van der Waals surface area contributed by atoms with E-state index in [0.29, 0.717) is 48.3 Å². The van der Waals surface area contributed by atoms with Crippen LogP contribution in [-0.4, -0.2) is 52.4 Å². The molecule has 0 aromatic carbocycles. The van der Waals surface area contributed by atoms with Gasteiger partial charge < -0.3 is 15.5 Å². The Morgan fingerprint density at radius 1 is 1.06 bits per heavy atom. The summed E-state index contributed by atoms with van der Waals surface area (Å²) in [6.45, 7) is 0.663. The van der Waals surface area contributed by atoms with Crippen molar-refractivity contribution in [2.75, 3.05) is 18.9 Å². The molecule has 0 radical (unpaired) electrons. The zero-order valence-electron chi connectivity index (χ0n) is 19.8. The summed E-state index contributed by atoms with van der Waals surface area (Å²) < 4.78 is 0. The van der Waals surface area contributed by atoms with Crippen molar-refractivity contribution >= 4 is 17.8 Å². The first-order valence-corrected chi connectivity index (χ1v) is 13.2. The van der Waals surface area contributed by atoms with Crippen molar-refractivity contribution in [3.05, 3.63) is 17.5 Å². The van der Waals surface area contributed by atoms with Crippen molar-refractivity contribution in [2.24, 2.45) is 23.7 Å². The maximum absolute atomic E-state index is 13.6. The molecule has 7 heteroatoms. The van der Waals surface area contributed by atoms with Crippen molar-refractivity contribution < 1.29 is 9.59 Å². The molecule has 5 aliphatic rings. The number of hydrogen-bond donors (Lipinski definition) is 2. The predicted molar refractivity (Wildman–Crippen MR) is 126 cm³/mol. The lowest BCUT2D eigenvalue weighted by Gasteiger charge is -2.30. The molecule has 6 atom stereocenters. The number of carbonyl (C=O) groups excluding carboxylic acids is 2. The zero-order valence-corrected chi connectivity index (χ0v) is 19.8. The molecule has 178 valence electrons. The van der Waals surface area contributed by atoms with Crippen molar-refractivity contribution in [2.45, 2.75) is 88.6 Å². The van der Waals surface area contributed by atoms with E-state index in [4.69, 9.17) is 4.98 Å². The van der Waals surface area contributed by atoms with Gasteiger partial charge in [-0.25, -0.2) is 9.97 Å². The molecule has 3 bridgehead atoms. The van der Waals surface area contributed by atoms with Gasteiger partial charge in [0.15, 0.2) is 0 Å². The van der Waals surface area contributed by atoms with Gasteiger partial charge in [-0.2, -0.15) is 0 Å². The molecule has 1 aromatic rings. The van der Waals surface area contributed by atoms with Crippen LogP contribution in [0.2, 0.25) is 0 Å². The van der Waals surface area contributed by atoms with Gasteiger partial charge in [-0.1, -0.05) is 25.7 Å². The second kappa shape index (κ2) is 8.55. The van der Waals surface area contributed by atoms with Crippen LogP contribution in [0.1, 0.15) is 92.6 Å². The Morgan fingerprint density at radius 2 is 1.88 bits per heavy atom. The SMILES string of the molecule is CN1CC(Nc2ncc(C(=O)N[C@H]3C4CC5CCCC3C(C5)C4)c(C3CCCC3)n2)CC1=O. The fourth-order valence-electron chi connectivity index (χ4n) is 7.86. The van der Waals surface area contributed by atoms with Crippen molar-refractivity contribution in [3.63, 3.8) is 0 Å². The van der Waals surface area contributed by atoms with E-state index < -0.39 is 0 Å². The third kappa shape index (κ3) is 4.01. The van der Waals surface area contributed by atoms with Gasteiger partial charge in [-0.05, 0) is 62.2 Å². The first-order chi connectivity index (χ1) is 16.0. The lowest BCUT2D eigenvalue weighted by atomic mass is 9.79. The second-order valence-corrected chi connectivity index (χ2v) is 11.5. The molecular weight excluding hydrogens is 414 g/mol. The van der Waals surface area contributed by atoms with Crippen molar-refractivity contribution in [3.8, 4) is 0 Å². The van der Waals surface area contributed by atoms with Gasteiger partial charge in [-0.15, -0.1) is 0 Å². The highest BCUT2D eigenvalue weighted by Crippen LogP contribution is 2.53. The van der Waals surface area contributed by atoms with E-state index in [1.165, 1.54) is 51.4 Å². The summed E-state index contributed by atoms with van der Waals surface area (Å²) in [6, 6.07) is 0.345. The van der Waals surface area contributed by atoms with Crippen LogP contribution < -0.4 is 10.6 Å². The minimum atomic E-state index is 0.0237. The average Bonchev–Trinajstić information content (AvgIpc) is 3.46. The predicted octanol–water partition coefficient (Wildman–Crippen LogP) is 3.72. The van der Waals surface area contributed by atoms with E-state index >= 15 is 0 Å². The minimum absolute atomic E-state index is 0.0237. The fraction of sp³-hybridized carbons (Fsp3) is 0.769. The highest BCUT2D eigenvalue weighted by atomic mass is 16.2. The fourth-order valence-corrected chi connectivity index (χ4v) is 7.86. The van der Waals surface area contributed by atoms with Gasteiger partial charge in [0.25, 0.3) is 5.91 Å². The zero-order chi connectivity index (χ0) is 22.5. The van der Waals surface area contributed by atoms with E-state index in [1.54, 1.807) is 11.1 Å². The van der Waals surface area contributed by atoms with Crippen molar-refractivity contribution in [1.82, 2.24) is 20.2 Å². The molecule has 7 nitrogen and oxygen atoms in total. The minimum Gasteiger partial charge on any atom is -0.349 e. The monoisotopic (exact) mass is 451 g/mol. The summed E-state index contributed by atoms with van der Waals surface area (Å²) in [6.07, 6.45) is 14.7. The lowest BCUT2D eigenvalue weighted by molar-refractivity contribution is -0.126. The van der Waals surface area contributed by atoms with Gasteiger partial charge in [0.1, 0.15) is 0 Å². The molecule has 1 aromatic heterocycles. The number of carbonyl (C=O) groups is 2. The average molecular weight is 452 g/mol. The molecule has 2 N–H and O–H groups in total.